The molecule has 0 aromatic carbocycles. The van der Waals surface area contributed by atoms with Crippen LogP contribution < -0.4 is 0 Å². The van der Waals surface area contributed by atoms with Crippen LogP contribution in [0.5, 0.6) is 0 Å². The second-order valence-electron chi connectivity index (χ2n) is 5.50. The lowest BCUT2D eigenvalue weighted by molar-refractivity contribution is 0.0719. The smallest absolute Gasteiger partial charge is 0.281 e. The standard InChI is InChI=1S/C10H18N2O3S/c1-11(2)16(14,15)12-5-7-3-6-4-8(7)9(12)10(6)13/h6-10,13H,3-5H2,1-2H3/t6-,7-,8+,9+,10+/m0/s1. The van der Waals surface area contributed by atoms with Crippen molar-refractivity contribution in [3.05, 3.63) is 0 Å². The quantitative estimate of drug-likeness (QED) is 0.714. The fourth-order valence-corrected chi connectivity index (χ4v) is 5.22. The lowest BCUT2D eigenvalue weighted by atomic mass is 9.88. The van der Waals surface area contributed by atoms with Crippen LogP contribution in [-0.4, -0.2) is 54.9 Å². The van der Waals surface area contributed by atoms with Crippen LogP contribution in [0, 0.1) is 17.8 Å². The first-order valence-electron chi connectivity index (χ1n) is 5.80. The topological polar surface area (TPSA) is 60.9 Å². The fraction of sp³-hybridized carbons (Fsp3) is 1.00. The van der Waals surface area contributed by atoms with Crippen LogP contribution >= 0.6 is 0 Å². The zero-order chi connectivity index (χ0) is 11.7. The molecule has 0 amide bonds. The third-order valence-electron chi connectivity index (χ3n) is 4.56. The van der Waals surface area contributed by atoms with Crippen LogP contribution in [0.2, 0.25) is 0 Å². The molecule has 5 atom stereocenters. The predicted octanol–water partition coefficient (Wildman–Crippen LogP) is -0.506. The number of fused-ring (bicyclic) bond motifs is 1. The van der Waals surface area contributed by atoms with Gasteiger partial charge in [-0.05, 0) is 30.6 Å². The molecular formula is C10H18N2O3S. The Hall–Kier alpha value is -0.170. The Balaban J connectivity index is 1.96. The molecule has 2 aliphatic carbocycles. The SMILES string of the molecule is CN(C)S(=O)(=O)N1C[C@@H]2C[C@H]3C[C@H]2[C@@H]1[C@@H]3O. The summed E-state index contributed by atoms with van der Waals surface area (Å²) in [7, 11) is -0.263. The average Bonchev–Trinajstić information content (AvgIpc) is 2.75. The number of aliphatic hydroxyl groups excluding tert-OH is 1. The third-order valence-corrected chi connectivity index (χ3v) is 6.47. The average molecular weight is 246 g/mol. The van der Waals surface area contributed by atoms with Gasteiger partial charge in [0.25, 0.3) is 10.2 Å². The summed E-state index contributed by atoms with van der Waals surface area (Å²) in [6, 6.07) is -0.156. The molecule has 0 radical (unpaired) electrons. The van der Waals surface area contributed by atoms with E-state index in [4.69, 9.17) is 0 Å². The van der Waals surface area contributed by atoms with Gasteiger partial charge in [-0.25, -0.2) is 0 Å². The molecule has 3 fully saturated rings. The number of hydrogen-bond acceptors (Lipinski definition) is 3. The number of rotatable bonds is 2. The zero-order valence-corrected chi connectivity index (χ0v) is 10.4. The maximum atomic E-state index is 12.1. The lowest BCUT2D eigenvalue weighted by Gasteiger charge is -2.29. The van der Waals surface area contributed by atoms with Crippen LogP contribution in [-0.2, 0) is 10.2 Å². The van der Waals surface area contributed by atoms with E-state index in [9.17, 15) is 13.5 Å². The van der Waals surface area contributed by atoms with E-state index >= 15 is 0 Å². The normalized spacial score (nSPS) is 47.1. The lowest BCUT2D eigenvalue weighted by Crippen LogP contribution is -2.47. The minimum Gasteiger partial charge on any atom is -0.391 e. The molecule has 5 nitrogen and oxygen atoms in total. The molecule has 3 aliphatic rings. The Labute approximate surface area is 96.2 Å². The van der Waals surface area contributed by atoms with Gasteiger partial charge in [0, 0.05) is 20.6 Å². The van der Waals surface area contributed by atoms with Gasteiger partial charge in [-0.15, -0.1) is 0 Å². The van der Waals surface area contributed by atoms with Crippen LogP contribution in [0.4, 0.5) is 0 Å². The summed E-state index contributed by atoms with van der Waals surface area (Å²) in [6.45, 7) is 0.601. The van der Waals surface area contributed by atoms with Crippen molar-refractivity contribution in [2.45, 2.75) is 25.0 Å². The molecule has 1 saturated heterocycles. The molecule has 0 aromatic rings. The van der Waals surface area contributed by atoms with Crippen molar-refractivity contribution in [2.75, 3.05) is 20.6 Å². The van der Waals surface area contributed by atoms with E-state index in [1.54, 1.807) is 14.1 Å². The van der Waals surface area contributed by atoms with Crippen LogP contribution in [0.15, 0.2) is 0 Å². The molecule has 92 valence electrons. The summed E-state index contributed by atoms with van der Waals surface area (Å²) in [6.07, 6.45) is 1.57. The Kier molecular flexibility index (Phi) is 2.18. The highest BCUT2D eigenvalue weighted by molar-refractivity contribution is 7.86. The minimum absolute atomic E-state index is 0.156. The van der Waals surface area contributed by atoms with Gasteiger partial charge in [0.05, 0.1) is 12.1 Å². The highest BCUT2D eigenvalue weighted by Crippen LogP contribution is 2.55. The van der Waals surface area contributed by atoms with Crippen molar-refractivity contribution in [3.63, 3.8) is 0 Å². The molecule has 1 N–H and O–H groups in total. The van der Waals surface area contributed by atoms with Gasteiger partial charge in [-0.1, -0.05) is 0 Å². The Morgan fingerprint density at radius 1 is 1.25 bits per heavy atom. The van der Waals surface area contributed by atoms with Crippen molar-refractivity contribution in [1.29, 1.82) is 0 Å². The third kappa shape index (κ3) is 1.19. The molecular weight excluding hydrogens is 228 g/mol. The predicted molar refractivity (Wildman–Crippen MR) is 58.8 cm³/mol. The first kappa shape index (κ1) is 11.0. The molecule has 2 saturated carbocycles. The van der Waals surface area contributed by atoms with Gasteiger partial charge in [0.1, 0.15) is 0 Å². The van der Waals surface area contributed by atoms with Crippen molar-refractivity contribution in [1.82, 2.24) is 8.61 Å². The maximum absolute atomic E-state index is 12.1. The molecule has 3 rings (SSSR count). The molecule has 1 aliphatic heterocycles. The van der Waals surface area contributed by atoms with E-state index in [1.807, 2.05) is 0 Å². The molecule has 6 heteroatoms. The zero-order valence-electron chi connectivity index (χ0n) is 9.57. The number of aliphatic hydroxyl groups is 1. The summed E-state index contributed by atoms with van der Waals surface area (Å²) < 4.78 is 27.0. The molecule has 0 aromatic heterocycles. The van der Waals surface area contributed by atoms with E-state index < -0.39 is 16.3 Å². The van der Waals surface area contributed by atoms with Crippen molar-refractivity contribution in [2.24, 2.45) is 17.8 Å². The summed E-state index contributed by atoms with van der Waals surface area (Å²) in [5.41, 5.74) is 0. The summed E-state index contributed by atoms with van der Waals surface area (Å²) in [5.74, 6) is 1.21. The monoisotopic (exact) mass is 246 g/mol. The number of hydrogen-bond donors (Lipinski definition) is 1. The van der Waals surface area contributed by atoms with Gasteiger partial charge in [-0.3, -0.25) is 0 Å². The number of nitrogens with zero attached hydrogens (tertiary/aromatic N) is 2. The molecule has 1 heterocycles. The van der Waals surface area contributed by atoms with Crippen LogP contribution in [0.3, 0.4) is 0 Å². The first-order chi connectivity index (χ1) is 7.43. The van der Waals surface area contributed by atoms with Gasteiger partial charge in [-0.2, -0.15) is 17.0 Å². The minimum atomic E-state index is -3.36. The largest absolute Gasteiger partial charge is 0.391 e. The summed E-state index contributed by atoms with van der Waals surface area (Å²) in [4.78, 5) is 0. The highest BCUT2D eigenvalue weighted by Gasteiger charge is 2.61. The van der Waals surface area contributed by atoms with E-state index in [0.29, 0.717) is 24.3 Å². The van der Waals surface area contributed by atoms with Gasteiger partial charge in [0.2, 0.25) is 0 Å². The molecule has 2 bridgehead atoms. The van der Waals surface area contributed by atoms with Crippen LogP contribution in [0.25, 0.3) is 0 Å². The van der Waals surface area contributed by atoms with E-state index in [0.717, 1.165) is 12.8 Å². The Morgan fingerprint density at radius 2 is 1.94 bits per heavy atom. The fourth-order valence-electron chi connectivity index (χ4n) is 3.84. The van der Waals surface area contributed by atoms with Crippen molar-refractivity contribution in [3.8, 4) is 0 Å². The molecule has 0 spiro atoms. The van der Waals surface area contributed by atoms with E-state index in [1.165, 1.54) is 8.61 Å². The first-order valence-corrected chi connectivity index (χ1v) is 7.20. The van der Waals surface area contributed by atoms with Crippen molar-refractivity contribution < 1.29 is 13.5 Å². The summed E-state index contributed by atoms with van der Waals surface area (Å²) in [5, 5.41) is 10.1. The second-order valence-corrected chi connectivity index (χ2v) is 7.59. The van der Waals surface area contributed by atoms with Crippen LogP contribution in [0.1, 0.15) is 12.8 Å². The second kappa shape index (κ2) is 3.19. The van der Waals surface area contributed by atoms with Crippen molar-refractivity contribution >= 4 is 10.2 Å². The Bertz CT molecular complexity index is 406. The molecule has 16 heavy (non-hydrogen) atoms. The maximum Gasteiger partial charge on any atom is 0.281 e. The molecule has 0 unspecified atom stereocenters. The van der Waals surface area contributed by atoms with Gasteiger partial charge >= 0.3 is 0 Å². The Morgan fingerprint density at radius 3 is 2.50 bits per heavy atom. The highest BCUT2D eigenvalue weighted by atomic mass is 32.2. The van der Waals surface area contributed by atoms with E-state index in [2.05, 4.69) is 0 Å². The summed E-state index contributed by atoms with van der Waals surface area (Å²) >= 11 is 0. The van der Waals surface area contributed by atoms with Gasteiger partial charge in [0.15, 0.2) is 0 Å². The van der Waals surface area contributed by atoms with E-state index in [-0.39, 0.29) is 6.04 Å². The van der Waals surface area contributed by atoms with Gasteiger partial charge < -0.3 is 5.11 Å².